The van der Waals surface area contributed by atoms with E-state index in [4.69, 9.17) is 4.74 Å². The number of carbonyl (C=O) groups excluding carboxylic acids is 5. The summed E-state index contributed by atoms with van der Waals surface area (Å²) in [5.41, 5.74) is 0.698. The highest BCUT2D eigenvalue weighted by molar-refractivity contribution is 5.97. The Kier molecular flexibility index (Phi) is 48.0. The molecular formula is C69H96N6O8. The third-order valence-electron chi connectivity index (χ3n) is 12.0. The Bertz CT molecular complexity index is 2430. The average molecular weight is 1140 g/mol. The zero-order valence-electron chi connectivity index (χ0n) is 49.8. The van der Waals surface area contributed by atoms with E-state index in [0.717, 1.165) is 77.0 Å². The van der Waals surface area contributed by atoms with Gasteiger partial charge in [-0.05, 0) is 153 Å². The van der Waals surface area contributed by atoms with Gasteiger partial charge < -0.3 is 31.1 Å². The van der Waals surface area contributed by atoms with E-state index in [9.17, 15) is 33.9 Å². The van der Waals surface area contributed by atoms with Crippen LogP contribution in [0, 0.1) is 0 Å². The second kappa shape index (κ2) is 54.6. The molecule has 5 N–H and O–H groups in total. The fourth-order valence-corrected chi connectivity index (χ4v) is 7.41. The molecular weight excluding hydrogens is 1040 g/mol. The molecule has 0 saturated heterocycles. The van der Waals surface area contributed by atoms with Gasteiger partial charge in [0.15, 0.2) is 0 Å². The molecule has 4 amide bonds. The molecule has 2 rings (SSSR count). The molecule has 0 aliphatic heterocycles. The van der Waals surface area contributed by atoms with E-state index in [1.807, 2.05) is 12.2 Å². The van der Waals surface area contributed by atoms with E-state index < -0.39 is 29.9 Å². The summed E-state index contributed by atoms with van der Waals surface area (Å²) in [7, 11) is 1.30. The number of unbranched alkanes of at least 4 members (excludes halogenated alkanes) is 2. The Labute approximate surface area is 496 Å². The van der Waals surface area contributed by atoms with E-state index in [-0.39, 0.29) is 24.1 Å². The minimum atomic E-state index is -1.08. The smallest absolute Gasteiger partial charge is 0.328 e. The lowest BCUT2D eigenvalue weighted by atomic mass is 10.1. The zero-order chi connectivity index (χ0) is 60.3. The molecule has 0 spiro atoms. The van der Waals surface area contributed by atoms with Gasteiger partial charge in [0.05, 0.1) is 18.2 Å². The number of hydrogen-bond donors (Lipinski definition) is 5. The van der Waals surface area contributed by atoms with Crippen LogP contribution < -0.4 is 21.3 Å². The van der Waals surface area contributed by atoms with Crippen molar-refractivity contribution in [2.45, 2.75) is 167 Å². The molecule has 0 saturated carbocycles. The van der Waals surface area contributed by atoms with Crippen LogP contribution in [0.25, 0.3) is 0 Å². The minimum Gasteiger partial charge on any atom is -0.480 e. The Balaban J connectivity index is 0.000000830. The molecule has 0 bridgehead atoms. The van der Waals surface area contributed by atoms with E-state index in [0.29, 0.717) is 82.0 Å². The maximum Gasteiger partial charge on any atom is 0.328 e. The number of pyridine rings is 2. The van der Waals surface area contributed by atoms with Gasteiger partial charge in [-0.3, -0.25) is 29.1 Å². The second-order valence-corrected chi connectivity index (χ2v) is 19.0. The number of rotatable bonds is 44. The minimum absolute atomic E-state index is 0.00364. The molecule has 83 heavy (non-hydrogen) atoms. The van der Waals surface area contributed by atoms with Crippen LogP contribution in [0.15, 0.2) is 195 Å². The zero-order valence-corrected chi connectivity index (χ0v) is 49.8. The van der Waals surface area contributed by atoms with Crippen LogP contribution >= 0.6 is 0 Å². The average Bonchev–Trinajstić information content (AvgIpc) is 3.55. The van der Waals surface area contributed by atoms with E-state index >= 15 is 0 Å². The number of aliphatic carboxylic acids is 1. The molecule has 2 heterocycles. The first kappa shape index (κ1) is 73.0. The Morgan fingerprint density at radius 3 is 1.07 bits per heavy atom. The second-order valence-electron chi connectivity index (χ2n) is 19.0. The van der Waals surface area contributed by atoms with E-state index in [1.165, 1.54) is 19.5 Å². The van der Waals surface area contributed by atoms with Crippen molar-refractivity contribution in [1.82, 2.24) is 31.2 Å². The monoisotopic (exact) mass is 1140 g/mol. The van der Waals surface area contributed by atoms with E-state index in [2.05, 4.69) is 179 Å². The van der Waals surface area contributed by atoms with Gasteiger partial charge in [0, 0.05) is 50.7 Å². The fourth-order valence-electron chi connectivity index (χ4n) is 7.41. The first-order valence-electron chi connectivity index (χ1n) is 29.7. The maximum atomic E-state index is 12.3. The number of hydrogen-bond acceptors (Lipinski definition) is 9. The summed E-state index contributed by atoms with van der Waals surface area (Å²) in [6, 6.07) is 4.77. The number of methoxy groups -OCH3 is 1. The van der Waals surface area contributed by atoms with Crippen molar-refractivity contribution < 1.29 is 38.6 Å². The van der Waals surface area contributed by atoms with Crippen molar-refractivity contribution >= 4 is 35.6 Å². The van der Waals surface area contributed by atoms with Crippen molar-refractivity contribution in [1.29, 1.82) is 0 Å². The lowest BCUT2D eigenvalue weighted by Crippen LogP contribution is -2.41. The molecule has 0 aromatic carbocycles. The molecule has 2 aromatic heterocycles. The summed E-state index contributed by atoms with van der Waals surface area (Å²) in [6.45, 7) is 5.29. The fraction of sp³-hybridized carbons (Fsp3) is 0.420. The highest BCUT2D eigenvalue weighted by Crippen LogP contribution is 2.08. The Morgan fingerprint density at radius 2 is 0.771 bits per heavy atom. The highest BCUT2D eigenvalue weighted by atomic mass is 16.5. The van der Waals surface area contributed by atoms with Gasteiger partial charge in [0.1, 0.15) is 12.1 Å². The van der Waals surface area contributed by atoms with Crippen LogP contribution in [0.3, 0.4) is 0 Å². The van der Waals surface area contributed by atoms with Gasteiger partial charge in [0.25, 0.3) is 11.8 Å². The van der Waals surface area contributed by atoms with Crippen LogP contribution in [-0.2, 0) is 23.9 Å². The van der Waals surface area contributed by atoms with Crippen LogP contribution in [-0.4, -0.2) is 82.9 Å². The van der Waals surface area contributed by atoms with Crippen LogP contribution in [0.1, 0.15) is 176 Å². The lowest BCUT2D eigenvalue weighted by molar-refractivity contribution is -0.143. The van der Waals surface area contributed by atoms with E-state index in [1.54, 1.807) is 36.7 Å². The van der Waals surface area contributed by atoms with Gasteiger partial charge in [-0.1, -0.05) is 160 Å². The van der Waals surface area contributed by atoms with Crippen molar-refractivity contribution in [3.63, 3.8) is 0 Å². The number of ether oxygens (including phenoxy) is 1. The number of amides is 4. The number of aromatic nitrogens is 2. The first-order chi connectivity index (χ1) is 40.6. The summed E-state index contributed by atoms with van der Waals surface area (Å²) in [4.78, 5) is 79.9. The van der Waals surface area contributed by atoms with Crippen molar-refractivity contribution in [2.24, 2.45) is 0 Å². The molecule has 0 fully saturated rings. The van der Waals surface area contributed by atoms with Gasteiger partial charge in [-0.2, -0.15) is 0 Å². The molecule has 0 radical (unpaired) electrons. The SMILES string of the molecule is CC/C=C\C/C=C\C/C=C\C/C=C\C/C=C\C/C=C\CCC(=O)NCCCC[C@H](NC(=O)c1cccnc1)C(=O)O.CC/C=C\C/C=C\C/C=C\C/C=C\C/C=C\C/C=C\CCC(=O)NCCCC[C@H](NC(=O)c1cccnc1)C(=O)OC. The molecule has 0 unspecified atom stereocenters. The van der Waals surface area contributed by atoms with Crippen LogP contribution in [0.2, 0.25) is 0 Å². The Morgan fingerprint density at radius 1 is 0.458 bits per heavy atom. The summed E-state index contributed by atoms with van der Waals surface area (Å²) in [5, 5.41) is 20.4. The van der Waals surface area contributed by atoms with Crippen LogP contribution in [0.5, 0.6) is 0 Å². The Hall–Kier alpha value is -8.00. The van der Waals surface area contributed by atoms with Crippen molar-refractivity contribution in [2.75, 3.05) is 20.2 Å². The van der Waals surface area contributed by atoms with Gasteiger partial charge in [0.2, 0.25) is 11.8 Å². The predicted octanol–water partition coefficient (Wildman–Crippen LogP) is 14.1. The molecule has 450 valence electrons. The molecule has 14 heteroatoms. The van der Waals surface area contributed by atoms with Gasteiger partial charge in [-0.25, -0.2) is 9.59 Å². The molecule has 0 aliphatic rings. The number of nitrogens with zero attached hydrogens (tertiary/aromatic N) is 2. The normalized spacial score (nSPS) is 12.9. The molecule has 14 nitrogen and oxygen atoms in total. The summed E-state index contributed by atoms with van der Waals surface area (Å²) in [5.74, 6) is -2.43. The third-order valence-corrected chi connectivity index (χ3v) is 12.0. The topological polar surface area (TPSA) is 206 Å². The molecule has 0 aliphatic carbocycles. The standard InChI is InChI=1S/C35H49N3O4.C34H47N3O4/c1-3-4-5-6-7-8-9-10-11-12-13-14-15-16-17-18-19-20-21-27-33(39)37-29-23-22-26-32(35(41)42-2)38-34(40)31-25-24-28-36-30-31;1-2-3-4-5-6-7-8-9-10-11-12-13-14-15-16-17-18-19-20-26-32(38)36-28-22-21-25-31(34(40)41)37-33(39)30-24-23-27-35-29-30/h4-5,7-8,10-11,13-14,16-17,19-20,24-25,28,30,32H,3,6,9,12,15,18,21-23,26-27,29H2,1-2H3,(H,37,39)(H,38,40);3-4,6-7,9-10,12-13,15-16,18-19,23-24,27,29,31H,2,5,8,11,14,17,20-22,25-26,28H2,1H3,(H,36,38)(H,37,39)(H,40,41)/b5-4-,8-7-,11-10-,14-13-,17-16-,20-19-;4-3-,7-6-,10-9-,13-12-,16-15-,19-18-/t32-;31-/m00/s1. The largest absolute Gasteiger partial charge is 0.480 e. The first-order valence-corrected chi connectivity index (χ1v) is 29.7. The van der Waals surface area contributed by atoms with Gasteiger partial charge >= 0.3 is 11.9 Å². The number of nitrogens with one attached hydrogen (secondary N) is 4. The van der Waals surface area contributed by atoms with Crippen molar-refractivity contribution in [3.05, 3.63) is 206 Å². The number of allylic oxidation sites excluding steroid dienone is 24. The number of carbonyl (C=O) groups is 6. The quantitative estimate of drug-likeness (QED) is 0.0241. The maximum absolute atomic E-state index is 12.3. The summed E-state index contributed by atoms with van der Waals surface area (Å²) in [6.07, 6.45) is 74.8. The third kappa shape index (κ3) is 45.3. The molecule has 2 aromatic rings. The summed E-state index contributed by atoms with van der Waals surface area (Å²) < 4.78 is 4.82. The number of carboxylic acids is 1. The predicted molar refractivity (Wildman–Crippen MR) is 339 cm³/mol. The highest BCUT2D eigenvalue weighted by Gasteiger charge is 2.22. The van der Waals surface area contributed by atoms with Crippen LogP contribution in [0.4, 0.5) is 0 Å². The lowest BCUT2D eigenvalue weighted by Gasteiger charge is -2.16. The molecule has 2 atom stereocenters. The van der Waals surface area contributed by atoms with Gasteiger partial charge in [-0.15, -0.1) is 0 Å². The number of carboxylic acid groups (broad SMARTS) is 1. The number of esters is 1. The summed E-state index contributed by atoms with van der Waals surface area (Å²) >= 11 is 0. The van der Waals surface area contributed by atoms with Crippen molar-refractivity contribution in [3.8, 4) is 0 Å².